The van der Waals surface area contributed by atoms with Gasteiger partial charge in [-0.15, -0.1) is 0 Å². The average Bonchev–Trinajstić information content (AvgIpc) is 2.75. The molecule has 2 atom stereocenters. The topological polar surface area (TPSA) is 107 Å². The average molecular weight is 426 g/mol. The zero-order chi connectivity index (χ0) is 21.4. The van der Waals surface area contributed by atoms with Gasteiger partial charge in [0.05, 0.1) is 17.5 Å². The molecule has 9 heteroatoms. The van der Waals surface area contributed by atoms with E-state index in [1.165, 1.54) is 4.31 Å². The van der Waals surface area contributed by atoms with Crippen LogP contribution in [0, 0.1) is 5.92 Å². The Labute approximate surface area is 172 Å². The molecule has 1 aromatic rings. The minimum absolute atomic E-state index is 0.0499. The van der Waals surface area contributed by atoms with Gasteiger partial charge in [-0.2, -0.15) is 4.31 Å². The Kier molecular flexibility index (Phi) is 8.60. The fourth-order valence-corrected chi connectivity index (χ4v) is 4.67. The van der Waals surface area contributed by atoms with Gasteiger partial charge in [0.25, 0.3) is 0 Å². The molecule has 1 aliphatic rings. The molecule has 0 unspecified atom stereocenters. The summed E-state index contributed by atoms with van der Waals surface area (Å²) in [4.78, 5) is 26.3. The number of carbonyl (C=O) groups excluding carboxylic acids is 2. The van der Waals surface area contributed by atoms with Crippen LogP contribution in [0.5, 0.6) is 0 Å². The maximum atomic E-state index is 12.6. The summed E-state index contributed by atoms with van der Waals surface area (Å²) >= 11 is 0. The van der Waals surface area contributed by atoms with E-state index in [0.717, 1.165) is 6.42 Å². The lowest BCUT2D eigenvalue weighted by molar-refractivity contribution is -0.134. The Morgan fingerprint density at radius 2 is 1.72 bits per heavy atom. The van der Waals surface area contributed by atoms with Crippen molar-refractivity contribution in [3.05, 3.63) is 30.3 Å². The Bertz CT molecular complexity index is 777. The number of aliphatic hydroxyl groups excluding tert-OH is 1. The molecule has 29 heavy (non-hydrogen) atoms. The second-order valence-electron chi connectivity index (χ2n) is 7.34. The molecule has 2 N–H and O–H groups in total. The van der Waals surface area contributed by atoms with E-state index in [-0.39, 0.29) is 61.2 Å². The van der Waals surface area contributed by atoms with Crippen molar-refractivity contribution >= 4 is 21.8 Å². The van der Waals surface area contributed by atoms with E-state index in [1.54, 1.807) is 35.2 Å². The number of amides is 2. The third-order valence-electron chi connectivity index (χ3n) is 5.41. The first-order valence-corrected chi connectivity index (χ1v) is 11.5. The first-order chi connectivity index (χ1) is 13.8. The predicted molar refractivity (Wildman–Crippen MR) is 109 cm³/mol. The van der Waals surface area contributed by atoms with E-state index >= 15 is 0 Å². The minimum atomic E-state index is -3.56. The SMILES string of the molecule is CC[C@@H](C)[C@@H](CO)NC(=O)CCC(=O)N1CCN(S(=O)(=O)c2ccccc2)CC1. The van der Waals surface area contributed by atoms with Crippen LogP contribution in [0.3, 0.4) is 0 Å². The summed E-state index contributed by atoms with van der Waals surface area (Å²) < 4.78 is 26.7. The summed E-state index contributed by atoms with van der Waals surface area (Å²) in [5.41, 5.74) is 0. The van der Waals surface area contributed by atoms with Gasteiger partial charge in [-0.1, -0.05) is 38.5 Å². The van der Waals surface area contributed by atoms with Crippen LogP contribution in [0.2, 0.25) is 0 Å². The largest absolute Gasteiger partial charge is 0.394 e. The molecule has 8 nitrogen and oxygen atoms in total. The van der Waals surface area contributed by atoms with Crippen LogP contribution < -0.4 is 5.32 Å². The van der Waals surface area contributed by atoms with Crippen molar-refractivity contribution in [1.82, 2.24) is 14.5 Å². The highest BCUT2D eigenvalue weighted by atomic mass is 32.2. The number of rotatable bonds is 9. The zero-order valence-corrected chi connectivity index (χ0v) is 17.9. The van der Waals surface area contributed by atoms with E-state index in [2.05, 4.69) is 5.32 Å². The quantitative estimate of drug-likeness (QED) is 0.609. The fraction of sp³-hybridized carbons (Fsp3) is 0.600. The smallest absolute Gasteiger partial charge is 0.243 e. The van der Waals surface area contributed by atoms with Crippen molar-refractivity contribution in [1.29, 1.82) is 0 Å². The summed E-state index contributed by atoms with van der Waals surface area (Å²) in [7, 11) is -3.56. The fourth-order valence-electron chi connectivity index (χ4n) is 3.23. The highest BCUT2D eigenvalue weighted by Crippen LogP contribution is 2.17. The van der Waals surface area contributed by atoms with Crippen LogP contribution in [0.1, 0.15) is 33.1 Å². The van der Waals surface area contributed by atoms with Crippen molar-refractivity contribution in [2.45, 2.75) is 44.0 Å². The van der Waals surface area contributed by atoms with Crippen molar-refractivity contribution in [3.8, 4) is 0 Å². The van der Waals surface area contributed by atoms with Gasteiger partial charge in [0.2, 0.25) is 21.8 Å². The van der Waals surface area contributed by atoms with E-state index in [9.17, 15) is 23.1 Å². The molecule has 2 rings (SSSR count). The highest BCUT2D eigenvalue weighted by molar-refractivity contribution is 7.89. The zero-order valence-electron chi connectivity index (χ0n) is 17.1. The molecule has 1 saturated heterocycles. The number of nitrogens with one attached hydrogen (secondary N) is 1. The van der Waals surface area contributed by atoms with E-state index in [0.29, 0.717) is 13.1 Å². The molecule has 0 aromatic heterocycles. The number of nitrogens with zero attached hydrogens (tertiary/aromatic N) is 2. The summed E-state index contributed by atoms with van der Waals surface area (Å²) in [6.45, 7) is 4.88. The molecule has 1 heterocycles. The Morgan fingerprint density at radius 1 is 1.10 bits per heavy atom. The first-order valence-electron chi connectivity index (χ1n) is 10.0. The van der Waals surface area contributed by atoms with Crippen molar-refractivity contribution < 1.29 is 23.1 Å². The van der Waals surface area contributed by atoms with Gasteiger partial charge in [-0.25, -0.2) is 8.42 Å². The van der Waals surface area contributed by atoms with Gasteiger partial charge in [-0.05, 0) is 18.1 Å². The molecule has 2 amide bonds. The lowest BCUT2D eigenvalue weighted by Gasteiger charge is -2.34. The molecule has 0 spiro atoms. The van der Waals surface area contributed by atoms with Gasteiger partial charge in [0.15, 0.2) is 0 Å². The van der Waals surface area contributed by atoms with Crippen molar-refractivity contribution in [2.75, 3.05) is 32.8 Å². The molecule has 0 aliphatic carbocycles. The molecule has 1 fully saturated rings. The van der Waals surface area contributed by atoms with Crippen LogP contribution in [-0.2, 0) is 19.6 Å². The van der Waals surface area contributed by atoms with Crippen LogP contribution >= 0.6 is 0 Å². The van der Waals surface area contributed by atoms with E-state index in [1.807, 2.05) is 13.8 Å². The number of hydrogen-bond acceptors (Lipinski definition) is 5. The van der Waals surface area contributed by atoms with Crippen molar-refractivity contribution in [3.63, 3.8) is 0 Å². The van der Waals surface area contributed by atoms with Gasteiger partial charge >= 0.3 is 0 Å². The lowest BCUT2D eigenvalue weighted by atomic mass is 10.00. The van der Waals surface area contributed by atoms with Crippen molar-refractivity contribution in [2.24, 2.45) is 5.92 Å². The Morgan fingerprint density at radius 3 is 2.28 bits per heavy atom. The lowest BCUT2D eigenvalue weighted by Crippen LogP contribution is -2.50. The van der Waals surface area contributed by atoms with Crippen LogP contribution in [0.15, 0.2) is 35.2 Å². The van der Waals surface area contributed by atoms with Gasteiger partial charge < -0.3 is 15.3 Å². The highest BCUT2D eigenvalue weighted by Gasteiger charge is 2.30. The third-order valence-corrected chi connectivity index (χ3v) is 7.33. The molecule has 0 saturated carbocycles. The molecule has 0 radical (unpaired) electrons. The summed E-state index contributed by atoms with van der Waals surface area (Å²) in [5, 5.41) is 12.2. The van der Waals surface area contributed by atoms with Gasteiger partial charge in [0.1, 0.15) is 0 Å². The Hall–Kier alpha value is -1.97. The standard InChI is InChI=1S/C20H31N3O5S/c1-3-16(2)18(15-24)21-19(25)9-10-20(26)22-11-13-23(14-12-22)29(27,28)17-7-5-4-6-8-17/h4-8,16,18,24H,3,9-15H2,1-2H3,(H,21,25)/t16-,18-/m1/s1. The molecular formula is C20H31N3O5S. The molecular weight excluding hydrogens is 394 g/mol. The van der Waals surface area contributed by atoms with Gasteiger partial charge in [0, 0.05) is 39.0 Å². The minimum Gasteiger partial charge on any atom is -0.394 e. The number of benzene rings is 1. The second-order valence-corrected chi connectivity index (χ2v) is 9.28. The summed E-state index contributed by atoms with van der Waals surface area (Å²) in [5.74, 6) is -0.275. The molecule has 0 bridgehead atoms. The van der Waals surface area contributed by atoms with Crippen LogP contribution in [-0.4, -0.2) is 73.4 Å². The van der Waals surface area contributed by atoms with Gasteiger partial charge in [-0.3, -0.25) is 9.59 Å². The maximum Gasteiger partial charge on any atom is 0.243 e. The molecule has 1 aromatic carbocycles. The van der Waals surface area contributed by atoms with Crippen LogP contribution in [0.25, 0.3) is 0 Å². The molecule has 1 aliphatic heterocycles. The van der Waals surface area contributed by atoms with Crippen LogP contribution in [0.4, 0.5) is 0 Å². The number of carbonyl (C=O) groups is 2. The number of sulfonamides is 1. The number of aliphatic hydroxyl groups is 1. The number of piperazine rings is 1. The van der Waals surface area contributed by atoms with E-state index < -0.39 is 10.0 Å². The third kappa shape index (κ3) is 6.25. The monoisotopic (exact) mass is 425 g/mol. The first kappa shape index (κ1) is 23.3. The number of hydrogen-bond donors (Lipinski definition) is 2. The molecule has 162 valence electrons. The predicted octanol–water partition coefficient (Wildman–Crippen LogP) is 0.823. The Balaban J connectivity index is 1.81. The summed E-state index contributed by atoms with van der Waals surface area (Å²) in [6, 6.07) is 7.93. The normalized spacial score (nSPS) is 17.6. The second kappa shape index (κ2) is 10.7. The van der Waals surface area contributed by atoms with E-state index in [4.69, 9.17) is 0 Å². The maximum absolute atomic E-state index is 12.6. The summed E-state index contributed by atoms with van der Waals surface area (Å²) in [6.07, 6.45) is 0.949.